The third-order valence-electron chi connectivity index (χ3n) is 13.3. The van der Waals surface area contributed by atoms with Gasteiger partial charge in [-0.2, -0.15) is 0 Å². The highest BCUT2D eigenvalue weighted by Gasteiger charge is 2.57. The van der Waals surface area contributed by atoms with Gasteiger partial charge in [0, 0.05) is 35.8 Å². The zero-order valence-corrected chi connectivity index (χ0v) is 37.1. The minimum absolute atomic E-state index is 0.00947. The van der Waals surface area contributed by atoms with Crippen molar-refractivity contribution in [2.24, 2.45) is 34.7 Å². The number of carbonyl (C=O) groups is 3. The highest BCUT2D eigenvalue weighted by Crippen LogP contribution is 2.46. The molecule has 336 valence electrons. The second-order valence-corrected chi connectivity index (χ2v) is 18.1. The number of aromatic nitrogens is 2. The third kappa shape index (κ3) is 10.1. The molecular formula is C45H64N4O12. The first-order valence-corrected chi connectivity index (χ1v) is 21.6. The Morgan fingerprint density at radius 2 is 1.74 bits per heavy atom. The fourth-order valence-electron chi connectivity index (χ4n) is 9.90. The number of nitrogens with one attached hydrogen (secondary N) is 1. The van der Waals surface area contributed by atoms with E-state index < -0.39 is 83.4 Å². The van der Waals surface area contributed by atoms with Crippen LogP contribution in [0, 0.1) is 29.6 Å². The van der Waals surface area contributed by atoms with Gasteiger partial charge in [0.2, 0.25) is 5.56 Å². The van der Waals surface area contributed by atoms with Crippen LogP contribution < -0.4 is 5.56 Å². The topological polar surface area (TPSA) is 197 Å². The number of hydrogen-bond donors (Lipinski definition) is 2. The zero-order valence-electron chi connectivity index (χ0n) is 37.1. The molecule has 4 aliphatic rings. The summed E-state index contributed by atoms with van der Waals surface area (Å²) in [6, 6.07) is 9.93. The number of aliphatic hydroxyl groups excluding tert-OH is 1. The van der Waals surface area contributed by atoms with Gasteiger partial charge in [-0.3, -0.25) is 19.2 Å². The summed E-state index contributed by atoms with van der Waals surface area (Å²) in [5.74, 6) is -4.44. The predicted octanol–water partition coefficient (Wildman–Crippen LogP) is 4.46. The number of hydrogen-bond acceptors (Lipinski definition) is 15. The molecule has 2 bridgehead atoms. The molecule has 2 aromatic heterocycles. The number of pyridine rings is 2. The molecule has 4 fully saturated rings. The number of ketones is 1. The molecule has 0 radical (unpaired) electrons. The first kappa shape index (κ1) is 46.4. The summed E-state index contributed by atoms with van der Waals surface area (Å²) in [5.41, 5.74) is -0.727. The van der Waals surface area contributed by atoms with E-state index in [2.05, 4.69) is 15.1 Å². The summed E-state index contributed by atoms with van der Waals surface area (Å²) in [6.07, 6.45) is -3.91. The van der Waals surface area contributed by atoms with Crippen molar-refractivity contribution in [3.63, 3.8) is 0 Å². The molecule has 2 aromatic rings. The number of rotatable bonds is 8. The highest BCUT2D eigenvalue weighted by atomic mass is 16.7. The van der Waals surface area contributed by atoms with Gasteiger partial charge in [0.05, 0.1) is 66.5 Å². The number of oxime groups is 1. The average Bonchev–Trinajstić information content (AvgIpc) is 3.55. The Morgan fingerprint density at radius 1 is 1.00 bits per heavy atom. The molecule has 0 amide bonds. The SMILES string of the molecule is CC[C@H]1OC(=O)[C@H](C)[C@H]2OC/C(=N/OCc3cccc(-c4cccc(=O)[nH]4)n3)CO[C@](C)(C[C@@H](C)C(=O)[C@H](C)[C@@H]3CC(=O)O[C@]13C)[C@H](O[C@@H]1O[C@H](C)C[C@H](N(C)C)[C@H]1O)[C@H]2C. The van der Waals surface area contributed by atoms with E-state index in [0.717, 1.165) is 0 Å². The standard InChI is InChI=1S/C45H64N4O12/c1-11-35-45(8)31(19-37(51)61-45)26(4)38(52)24(2)20-44(7)41(60-43-39(53)34(49(9)10)18-25(3)58-43)27(5)40(28(6)42(54)59-35)55-21-30(22-56-44)48-57-23-29-14-12-15-32(46-29)33-16-13-17-36(50)47-33/h12-17,24-28,31,34-35,39-41,43,53H,11,18-23H2,1-10H3,(H,47,50)/b48-30-/t24-,25-,26-,27+,28-,31+,34+,35-,39-,40+,41-,43+,44-,45+/m1/s1. The van der Waals surface area contributed by atoms with Gasteiger partial charge >= 0.3 is 11.9 Å². The summed E-state index contributed by atoms with van der Waals surface area (Å²) < 4.78 is 39.0. The van der Waals surface area contributed by atoms with Crippen LogP contribution in [0.3, 0.4) is 0 Å². The Bertz CT molecular complexity index is 1970. The summed E-state index contributed by atoms with van der Waals surface area (Å²) in [4.78, 5) is 69.1. The van der Waals surface area contributed by atoms with Gasteiger partial charge < -0.3 is 48.2 Å². The molecular weight excluding hydrogens is 789 g/mol. The monoisotopic (exact) mass is 852 g/mol. The first-order valence-electron chi connectivity index (χ1n) is 21.6. The van der Waals surface area contributed by atoms with E-state index in [0.29, 0.717) is 35.6 Å². The van der Waals surface area contributed by atoms with Crippen molar-refractivity contribution in [2.45, 2.75) is 142 Å². The normalized spacial score (nSPS) is 38.5. The van der Waals surface area contributed by atoms with E-state index in [-0.39, 0.29) is 56.2 Å². The van der Waals surface area contributed by atoms with Crippen LogP contribution in [0.2, 0.25) is 0 Å². The van der Waals surface area contributed by atoms with Gasteiger partial charge in [-0.05, 0) is 79.3 Å². The number of fused-ring (bicyclic) bond motifs is 4. The lowest BCUT2D eigenvalue weighted by Crippen LogP contribution is -2.60. The molecule has 16 heteroatoms. The molecule has 6 heterocycles. The Labute approximate surface area is 358 Å². The number of esters is 2. The Balaban J connectivity index is 1.39. The van der Waals surface area contributed by atoms with Crippen molar-refractivity contribution in [1.29, 1.82) is 0 Å². The Hall–Kier alpha value is -4.06. The van der Waals surface area contributed by atoms with Crippen molar-refractivity contribution >= 4 is 23.4 Å². The van der Waals surface area contributed by atoms with Crippen molar-refractivity contribution < 1.29 is 52.7 Å². The summed E-state index contributed by atoms with van der Waals surface area (Å²) >= 11 is 0. The second-order valence-electron chi connectivity index (χ2n) is 18.1. The minimum atomic E-state index is -1.27. The fourth-order valence-corrected chi connectivity index (χ4v) is 9.90. The molecule has 0 aliphatic carbocycles. The van der Waals surface area contributed by atoms with Crippen LogP contribution in [0.1, 0.15) is 86.8 Å². The number of nitrogens with zero attached hydrogens (tertiary/aromatic N) is 3. The number of likely N-dealkylation sites (N-methyl/N-ethyl adjacent to an activating group) is 1. The van der Waals surface area contributed by atoms with Crippen molar-refractivity contribution in [3.05, 3.63) is 52.4 Å². The van der Waals surface area contributed by atoms with Crippen LogP contribution in [0.15, 0.2) is 46.3 Å². The zero-order chi connectivity index (χ0) is 44.4. The maximum atomic E-state index is 14.6. The number of Topliss-reactive ketones (excluding diaryl/α,β-unsaturated/α-hetero) is 1. The van der Waals surface area contributed by atoms with E-state index in [1.165, 1.54) is 6.07 Å². The molecule has 0 saturated carbocycles. The van der Waals surface area contributed by atoms with Gasteiger partial charge in [0.15, 0.2) is 12.9 Å². The van der Waals surface area contributed by atoms with Crippen LogP contribution in [-0.4, -0.2) is 125 Å². The van der Waals surface area contributed by atoms with E-state index >= 15 is 0 Å². The predicted molar refractivity (Wildman–Crippen MR) is 223 cm³/mol. The molecule has 0 spiro atoms. The molecule has 61 heavy (non-hydrogen) atoms. The second kappa shape index (κ2) is 19.1. The molecule has 14 atom stereocenters. The van der Waals surface area contributed by atoms with Gasteiger partial charge in [-0.25, -0.2) is 4.98 Å². The molecule has 6 rings (SSSR count). The Kier molecular flexibility index (Phi) is 14.6. The van der Waals surface area contributed by atoms with E-state index in [1.54, 1.807) is 51.1 Å². The van der Waals surface area contributed by atoms with Crippen LogP contribution in [0.4, 0.5) is 0 Å². The molecule has 2 N–H and O–H groups in total. The molecule has 0 unspecified atom stereocenters. The molecule has 0 aromatic carbocycles. The lowest BCUT2D eigenvalue weighted by Gasteiger charge is -2.48. The fraction of sp³-hybridized carbons (Fsp3) is 0.689. The number of H-pyrrole nitrogens is 1. The average molecular weight is 853 g/mol. The van der Waals surface area contributed by atoms with Crippen LogP contribution in [-0.2, 0) is 54.2 Å². The van der Waals surface area contributed by atoms with Crippen LogP contribution >= 0.6 is 0 Å². The van der Waals surface area contributed by atoms with Gasteiger partial charge in [-0.15, -0.1) is 0 Å². The van der Waals surface area contributed by atoms with E-state index in [1.807, 2.05) is 53.6 Å². The van der Waals surface area contributed by atoms with Crippen LogP contribution in [0.5, 0.6) is 0 Å². The summed E-state index contributed by atoms with van der Waals surface area (Å²) in [7, 11) is 3.79. The van der Waals surface area contributed by atoms with Gasteiger partial charge in [0.25, 0.3) is 0 Å². The molecule has 4 saturated heterocycles. The number of aliphatic hydroxyl groups is 1. The largest absolute Gasteiger partial charge is 0.458 e. The number of ether oxygens (including phenoxy) is 6. The van der Waals surface area contributed by atoms with Gasteiger partial charge in [-0.1, -0.05) is 45.0 Å². The third-order valence-corrected chi connectivity index (χ3v) is 13.3. The number of carbonyl (C=O) groups excluding carboxylic acids is 3. The number of cyclic esters (lactones) is 1. The van der Waals surface area contributed by atoms with Crippen molar-refractivity contribution in [1.82, 2.24) is 14.9 Å². The first-order chi connectivity index (χ1) is 28.8. The van der Waals surface area contributed by atoms with Gasteiger partial charge in [0.1, 0.15) is 29.3 Å². The quantitative estimate of drug-likeness (QED) is 0.279. The minimum Gasteiger partial charge on any atom is -0.458 e. The highest BCUT2D eigenvalue weighted by molar-refractivity contribution is 5.87. The van der Waals surface area contributed by atoms with Crippen molar-refractivity contribution in [2.75, 3.05) is 27.3 Å². The summed E-state index contributed by atoms with van der Waals surface area (Å²) in [5, 5.41) is 16.2. The maximum Gasteiger partial charge on any atom is 0.311 e. The maximum absolute atomic E-state index is 14.6. The molecule has 4 aliphatic heterocycles. The molecule has 16 nitrogen and oxygen atoms in total. The van der Waals surface area contributed by atoms with E-state index in [9.17, 15) is 24.3 Å². The summed E-state index contributed by atoms with van der Waals surface area (Å²) in [6.45, 7) is 14.5. The smallest absolute Gasteiger partial charge is 0.311 e. The lowest BCUT2D eigenvalue weighted by atomic mass is 9.70. The lowest BCUT2D eigenvalue weighted by molar-refractivity contribution is -0.302. The van der Waals surface area contributed by atoms with Crippen LogP contribution in [0.25, 0.3) is 11.4 Å². The number of aromatic amines is 1. The Morgan fingerprint density at radius 3 is 2.44 bits per heavy atom. The van der Waals surface area contributed by atoms with Crippen molar-refractivity contribution in [3.8, 4) is 11.4 Å². The van der Waals surface area contributed by atoms with E-state index in [4.69, 9.17) is 33.3 Å².